The molecule has 0 atom stereocenters. The molecule has 1 N–H and O–H groups in total. The topological polar surface area (TPSA) is 97.4 Å². The van der Waals surface area contributed by atoms with Crippen LogP contribution in [0.5, 0.6) is 0 Å². The number of carbonyl (C=O) groups is 1. The molecule has 0 saturated heterocycles. The fraction of sp³-hybridized carbons (Fsp3) is 0.167. The quantitative estimate of drug-likeness (QED) is 0.267. The predicted octanol–water partition coefficient (Wildman–Crippen LogP) is 5.82. The van der Waals surface area contributed by atoms with Crippen LogP contribution in [0.15, 0.2) is 94.5 Å². The van der Waals surface area contributed by atoms with Crippen molar-refractivity contribution in [3.63, 3.8) is 0 Å². The molecule has 2 aromatic carbocycles. The summed E-state index contributed by atoms with van der Waals surface area (Å²) in [5.74, 6) is 0.939. The number of benzene rings is 2. The third-order valence-electron chi connectivity index (χ3n) is 5.02. The Hall–Kier alpha value is -3.85. The van der Waals surface area contributed by atoms with Crippen molar-refractivity contribution in [2.45, 2.75) is 24.0 Å². The molecule has 1 saturated carbocycles. The summed E-state index contributed by atoms with van der Waals surface area (Å²) in [6.07, 6.45) is 5.71. The van der Waals surface area contributed by atoms with Crippen molar-refractivity contribution in [1.82, 2.24) is 19.7 Å². The van der Waals surface area contributed by atoms with Gasteiger partial charge >= 0.3 is 0 Å². The summed E-state index contributed by atoms with van der Waals surface area (Å²) < 4.78 is 2.13. The van der Waals surface area contributed by atoms with Crippen molar-refractivity contribution in [3.8, 4) is 11.4 Å². The molecule has 0 radical (unpaired) electrons. The number of pyridine rings is 1. The first-order valence-electron chi connectivity index (χ1n) is 10.6. The van der Waals surface area contributed by atoms with E-state index in [4.69, 9.17) is 0 Å². The monoisotopic (exact) mass is 455 g/mol. The highest BCUT2D eigenvalue weighted by atomic mass is 32.2. The Morgan fingerprint density at radius 1 is 0.970 bits per heavy atom. The molecule has 0 aliphatic heterocycles. The first kappa shape index (κ1) is 21.0. The van der Waals surface area contributed by atoms with Crippen molar-refractivity contribution in [2.24, 2.45) is 10.2 Å². The maximum atomic E-state index is 12.5. The number of amides is 1. The van der Waals surface area contributed by atoms with Crippen molar-refractivity contribution < 1.29 is 4.79 Å². The summed E-state index contributed by atoms with van der Waals surface area (Å²) in [5, 5.41) is 20.8. The smallest absolute Gasteiger partial charge is 0.234 e. The molecule has 9 heteroatoms. The highest BCUT2D eigenvalue weighted by Gasteiger charge is 2.30. The number of hydrogen-bond donors (Lipinski definition) is 1. The predicted molar refractivity (Wildman–Crippen MR) is 128 cm³/mol. The van der Waals surface area contributed by atoms with E-state index in [0.717, 1.165) is 35.1 Å². The molecular formula is C24H21N7OS. The van der Waals surface area contributed by atoms with Crippen LogP contribution >= 0.6 is 11.8 Å². The Bertz CT molecular complexity index is 1250. The van der Waals surface area contributed by atoms with Crippen LogP contribution in [0.3, 0.4) is 0 Å². The Labute approximate surface area is 195 Å². The van der Waals surface area contributed by atoms with Crippen LogP contribution in [-0.4, -0.2) is 31.4 Å². The third-order valence-corrected chi connectivity index (χ3v) is 5.96. The number of nitrogens with one attached hydrogen (secondary N) is 1. The van der Waals surface area contributed by atoms with Crippen molar-refractivity contribution in [3.05, 3.63) is 79.1 Å². The van der Waals surface area contributed by atoms with Gasteiger partial charge in [-0.05, 0) is 61.4 Å². The van der Waals surface area contributed by atoms with Crippen LogP contribution in [0.2, 0.25) is 0 Å². The lowest BCUT2D eigenvalue weighted by atomic mass is 10.3. The maximum Gasteiger partial charge on any atom is 0.234 e. The number of anilines is 1. The molecule has 164 valence electrons. The first-order chi connectivity index (χ1) is 16.3. The first-order valence-corrected chi connectivity index (χ1v) is 11.6. The van der Waals surface area contributed by atoms with Crippen molar-refractivity contribution >= 4 is 34.7 Å². The number of thioether (sulfide) groups is 1. The summed E-state index contributed by atoms with van der Waals surface area (Å²) in [5.41, 5.74) is 3.14. The van der Waals surface area contributed by atoms with Gasteiger partial charge < -0.3 is 5.32 Å². The largest absolute Gasteiger partial charge is 0.325 e. The number of rotatable bonds is 8. The van der Waals surface area contributed by atoms with Gasteiger partial charge in [0.2, 0.25) is 5.91 Å². The number of hydrogen-bond acceptors (Lipinski definition) is 7. The summed E-state index contributed by atoms with van der Waals surface area (Å²) in [6.45, 7) is 0. The average molecular weight is 456 g/mol. The lowest BCUT2D eigenvalue weighted by Crippen LogP contribution is -2.14. The van der Waals surface area contributed by atoms with Gasteiger partial charge in [-0.15, -0.1) is 10.2 Å². The zero-order valence-electron chi connectivity index (χ0n) is 17.7. The van der Waals surface area contributed by atoms with E-state index in [1.165, 1.54) is 11.8 Å². The van der Waals surface area contributed by atoms with E-state index >= 15 is 0 Å². The number of nitrogens with zero attached hydrogens (tertiary/aromatic N) is 6. The molecule has 33 heavy (non-hydrogen) atoms. The summed E-state index contributed by atoms with van der Waals surface area (Å²) in [4.78, 5) is 16.7. The molecular weight excluding hydrogens is 434 g/mol. The van der Waals surface area contributed by atoms with Gasteiger partial charge in [0.05, 0.1) is 17.1 Å². The van der Waals surface area contributed by atoms with Crippen LogP contribution in [0.1, 0.15) is 18.9 Å². The molecule has 5 rings (SSSR count). The zero-order valence-corrected chi connectivity index (χ0v) is 18.5. The van der Waals surface area contributed by atoms with E-state index < -0.39 is 0 Å². The molecule has 0 unspecified atom stereocenters. The second kappa shape index (κ2) is 9.74. The molecule has 1 aliphatic rings. The van der Waals surface area contributed by atoms with Gasteiger partial charge in [-0.3, -0.25) is 14.3 Å². The van der Waals surface area contributed by atoms with E-state index in [9.17, 15) is 4.79 Å². The van der Waals surface area contributed by atoms with Crippen LogP contribution < -0.4 is 5.32 Å². The van der Waals surface area contributed by atoms with E-state index in [0.29, 0.717) is 17.4 Å². The number of aromatic nitrogens is 4. The van der Waals surface area contributed by atoms with Crippen molar-refractivity contribution in [2.75, 3.05) is 11.1 Å². The second-order valence-corrected chi connectivity index (χ2v) is 8.51. The van der Waals surface area contributed by atoms with Crippen LogP contribution in [0.4, 0.5) is 17.1 Å². The lowest BCUT2D eigenvalue weighted by molar-refractivity contribution is -0.113. The fourth-order valence-electron chi connectivity index (χ4n) is 3.28. The minimum Gasteiger partial charge on any atom is -0.325 e. The van der Waals surface area contributed by atoms with Crippen LogP contribution in [-0.2, 0) is 4.79 Å². The maximum absolute atomic E-state index is 12.5. The average Bonchev–Trinajstić information content (AvgIpc) is 3.62. The van der Waals surface area contributed by atoms with Gasteiger partial charge in [0.25, 0.3) is 0 Å². The molecule has 2 aromatic heterocycles. The van der Waals surface area contributed by atoms with E-state index in [1.807, 2.05) is 66.7 Å². The van der Waals surface area contributed by atoms with E-state index in [-0.39, 0.29) is 11.7 Å². The lowest BCUT2D eigenvalue weighted by Gasteiger charge is -2.09. The fourth-order valence-corrected chi connectivity index (χ4v) is 4.08. The van der Waals surface area contributed by atoms with Gasteiger partial charge in [0.15, 0.2) is 11.0 Å². The molecule has 0 spiro atoms. The summed E-state index contributed by atoms with van der Waals surface area (Å²) >= 11 is 1.39. The highest BCUT2D eigenvalue weighted by molar-refractivity contribution is 7.99. The standard InChI is InChI=1S/C24H21N7OS/c32-22(26-18-8-10-20(11-9-18)28-27-19-6-2-1-3-7-19)16-33-24-30-29-23(31(24)21-12-13-21)17-5-4-14-25-15-17/h1-11,14-15,21H,12-13,16H2,(H,26,32). The minimum absolute atomic E-state index is 0.105. The molecule has 1 aliphatic carbocycles. The molecule has 1 amide bonds. The Morgan fingerprint density at radius 2 is 1.73 bits per heavy atom. The summed E-state index contributed by atoms with van der Waals surface area (Å²) in [6, 6.07) is 21.1. The SMILES string of the molecule is O=C(CSc1nnc(-c2cccnc2)n1C1CC1)Nc1ccc(N=Nc2ccccc2)cc1. The molecule has 2 heterocycles. The Balaban J connectivity index is 1.19. The summed E-state index contributed by atoms with van der Waals surface area (Å²) in [7, 11) is 0. The second-order valence-electron chi connectivity index (χ2n) is 7.57. The van der Waals surface area contributed by atoms with Crippen LogP contribution in [0.25, 0.3) is 11.4 Å². The minimum atomic E-state index is -0.105. The molecule has 4 aromatic rings. The van der Waals surface area contributed by atoms with Crippen LogP contribution in [0, 0.1) is 0 Å². The third kappa shape index (κ3) is 5.32. The van der Waals surface area contributed by atoms with Gasteiger partial charge in [-0.2, -0.15) is 10.2 Å². The van der Waals surface area contributed by atoms with E-state index in [1.54, 1.807) is 12.4 Å². The Kier molecular flexibility index (Phi) is 6.21. The number of azo groups is 1. The normalized spacial score (nSPS) is 13.3. The van der Waals surface area contributed by atoms with Crippen molar-refractivity contribution in [1.29, 1.82) is 0 Å². The van der Waals surface area contributed by atoms with Gasteiger partial charge in [0.1, 0.15) is 0 Å². The van der Waals surface area contributed by atoms with Gasteiger partial charge in [-0.25, -0.2) is 0 Å². The van der Waals surface area contributed by atoms with Gasteiger partial charge in [0, 0.05) is 29.7 Å². The highest BCUT2D eigenvalue weighted by Crippen LogP contribution is 2.40. The number of carbonyl (C=O) groups excluding carboxylic acids is 1. The molecule has 0 bridgehead atoms. The Morgan fingerprint density at radius 3 is 2.42 bits per heavy atom. The van der Waals surface area contributed by atoms with Gasteiger partial charge in [-0.1, -0.05) is 30.0 Å². The van der Waals surface area contributed by atoms with E-state index in [2.05, 4.69) is 35.3 Å². The zero-order chi connectivity index (χ0) is 22.5. The molecule has 8 nitrogen and oxygen atoms in total. The molecule has 1 fully saturated rings.